The monoisotopic (exact) mass is 213 g/mol. The molecule has 1 aromatic carbocycles. The van der Waals surface area contributed by atoms with Gasteiger partial charge in [-0.05, 0) is 12.1 Å². The first kappa shape index (κ1) is 10.4. The highest BCUT2D eigenvalue weighted by Crippen LogP contribution is 2.17. The van der Waals surface area contributed by atoms with Gasteiger partial charge in [-0.15, -0.1) is 0 Å². The molecule has 2 aromatic rings. The minimum Gasteiger partial charge on any atom is -0.480 e. The van der Waals surface area contributed by atoms with Gasteiger partial charge < -0.3 is 4.74 Å². The van der Waals surface area contributed by atoms with Gasteiger partial charge >= 0.3 is 0 Å². The van der Waals surface area contributed by atoms with E-state index in [-0.39, 0.29) is 5.78 Å². The van der Waals surface area contributed by atoms with E-state index in [0.29, 0.717) is 17.0 Å². The van der Waals surface area contributed by atoms with Crippen LogP contribution in [0.5, 0.6) is 5.88 Å². The van der Waals surface area contributed by atoms with Gasteiger partial charge in [0.15, 0.2) is 5.78 Å². The first-order valence-corrected chi connectivity index (χ1v) is 4.91. The Balaban J connectivity index is 2.42. The molecular formula is C13H11NO2. The van der Waals surface area contributed by atoms with E-state index in [9.17, 15) is 4.79 Å². The maximum absolute atomic E-state index is 12.1. The van der Waals surface area contributed by atoms with Crippen molar-refractivity contribution in [2.24, 2.45) is 0 Å². The van der Waals surface area contributed by atoms with Crippen molar-refractivity contribution in [1.82, 2.24) is 4.98 Å². The Kier molecular flexibility index (Phi) is 2.96. The highest BCUT2D eigenvalue weighted by molar-refractivity contribution is 6.10. The van der Waals surface area contributed by atoms with Crippen LogP contribution in [-0.2, 0) is 0 Å². The van der Waals surface area contributed by atoms with Gasteiger partial charge in [-0.2, -0.15) is 0 Å². The first-order valence-electron chi connectivity index (χ1n) is 4.91. The molecule has 0 atom stereocenters. The van der Waals surface area contributed by atoms with Gasteiger partial charge in [-0.3, -0.25) is 4.79 Å². The van der Waals surface area contributed by atoms with E-state index in [1.54, 1.807) is 30.5 Å². The summed E-state index contributed by atoms with van der Waals surface area (Å²) in [7, 11) is 1.50. The van der Waals surface area contributed by atoms with Gasteiger partial charge in [-0.1, -0.05) is 30.3 Å². The number of carbonyl (C=O) groups excluding carboxylic acids is 1. The fraction of sp³-hybridized carbons (Fsp3) is 0.0769. The smallest absolute Gasteiger partial charge is 0.224 e. The molecule has 2 rings (SSSR count). The Morgan fingerprint density at radius 1 is 1.12 bits per heavy atom. The molecule has 16 heavy (non-hydrogen) atoms. The van der Waals surface area contributed by atoms with Crippen molar-refractivity contribution in [2.75, 3.05) is 7.11 Å². The molecule has 0 saturated carbocycles. The average Bonchev–Trinajstić information content (AvgIpc) is 2.39. The third-order valence-electron chi connectivity index (χ3n) is 2.25. The fourth-order valence-corrected chi connectivity index (χ4v) is 1.47. The Hall–Kier alpha value is -2.16. The van der Waals surface area contributed by atoms with Crippen molar-refractivity contribution in [3.63, 3.8) is 0 Å². The molecule has 3 heteroatoms. The van der Waals surface area contributed by atoms with Crippen LogP contribution < -0.4 is 4.74 Å². The number of carbonyl (C=O) groups is 1. The van der Waals surface area contributed by atoms with Crippen LogP contribution in [0.3, 0.4) is 0 Å². The van der Waals surface area contributed by atoms with Gasteiger partial charge in [-0.25, -0.2) is 4.98 Å². The summed E-state index contributed by atoms with van der Waals surface area (Å²) in [5, 5.41) is 0. The molecule has 80 valence electrons. The molecule has 0 N–H and O–H groups in total. The summed E-state index contributed by atoms with van der Waals surface area (Å²) in [4.78, 5) is 16.1. The maximum atomic E-state index is 12.1. The molecule has 1 aromatic heterocycles. The van der Waals surface area contributed by atoms with Gasteiger partial charge in [0.2, 0.25) is 5.88 Å². The normalized spacial score (nSPS) is 9.81. The van der Waals surface area contributed by atoms with E-state index in [0.717, 1.165) is 0 Å². The summed E-state index contributed by atoms with van der Waals surface area (Å²) in [5.74, 6) is 0.280. The zero-order chi connectivity index (χ0) is 11.4. The molecule has 0 amide bonds. The molecule has 0 unspecified atom stereocenters. The predicted octanol–water partition coefficient (Wildman–Crippen LogP) is 2.32. The molecule has 0 radical (unpaired) electrons. The Labute approximate surface area is 93.7 Å². The van der Waals surface area contributed by atoms with E-state index >= 15 is 0 Å². The zero-order valence-corrected chi connectivity index (χ0v) is 8.88. The van der Waals surface area contributed by atoms with Crippen LogP contribution in [0.4, 0.5) is 0 Å². The minimum absolute atomic E-state index is 0.0782. The van der Waals surface area contributed by atoms with Crippen molar-refractivity contribution in [3.8, 4) is 5.88 Å². The quantitative estimate of drug-likeness (QED) is 0.734. The van der Waals surface area contributed by atoms with E-state index in [2.05, 4.69) is 4.98 Å². The minimum atomic E-state index is -0.0782. The van der Waals surface area contributed by atoms with Crippen molar-refractivity contribution in [2.45, 2.75) is 0 Å². The Morgan fingerprint density at radius 3 is 2.56 bits per heavy atom. The number of nitrogens with zero attached hydrogens (tertiary/aromatic N) is 1. The summed E-state index contributed by atoms with van der Waals surface area (Å²) >= 11 is 0. The van der Waals surface area contributed by atoms with Crippen molar-refractivity contribution < 1.29 is 9.53 Å². The van der Waals surface area contributed by atoms with Crippen molar-refractivity contribution in [3.05, 3.63) is 59.8 Å². The van der Waals surface area contributed by atoms with E-state index in [1.807, 2.05) is 18.2 Å². The highest BCUT2D eigenvalue weighted by atomic mass is 16.5. The summed E-state index contributed by atoms with van der Waals surface area (Å²) in [6.07, 6.45) is 1.60. The number of ether oxygens (including phenoxy) is 1. The molecule has 0 aliphatic carbocycles. The number of hydrogen-bond donors (Lipinski definition) is 0. The SMILES string of the molecule is COc1ncccc1C(=O)c1ccccc1. The largest absolute Gasteiger partial charge is 0.480 e. The maximum Gasteiger partial charge on any atom is 0.224 e. The lowest BCUT2D eigenvalue weighted by Crippen LogP contribution is -2.04. The molecule has 0 fully saturated rings. The number of rotatable bonds is 3. The zero-order valence-electron chi connectivity index (χ0n) is 8.88. The molecule has 3 nitrogen and oxygen atoms in total. The van der Waals surface area contributed by atoms with Crippen LogP contribution in [0.1, 0.15) is 15.9 Å². The lowest BCUT2D eigenvalue weighted by Gasteiger charge is -2.05. The van der Waals surface area contributed by atoms with Crippen molar-refractivity contribution >= 4 is 5.78 Å². The van der Waals surface area contributed by atoms with E-state index in [1.165, 1.54) is 7.11 Å². The lowest BCUT2D eigenvalue weighted by atomic mass is 10.0. The van der Waals surface area contributed by atoms with Crippen LogP contribution in [0.15, 0.2) is 48.7 Å². The predicted molar refractivity (Wildman–Crippen MR) is 60.7 cm³/mol. The number of benzene rings is 1. The topological polar surface area (TPSA) is 39.2 Å². The number of aromatic nitrogens is 1. The summed E-state index contributed by atoms with van der Waals surface area (Å²) in [5.41, 5.74) is 1.12. The summed E-state index contributed by atoms with van der Waals surface area (Å²) < 4.78 is 5.06. The summed E-state index contributed by atoms with van der Waals surface area (Å²) in [6, 6.07) is 12.5. The Bertz CT molecular complexity index is 494. The fourth-order valence-electron chi connectivity index (χ4n) is 1.47. The average molecular weight is 213 g/mol. The molecule has 0 aliphatic rings. The molecule has 0 spiro atoms. The molecule has 0 aliphatic heterocycles. The number of pyridine rings is 1. The second kappa shape index (κ2) is 4.57. The first-order chi connectivity index (χ1) is 7.83. The van der Waals surface area contributed by atoms with Gasteiger partial charge in [0, 0.05) is 11.8 Å². The van der Waals surface area contributed by atoms with Gasteiger partial charge in [0.1, 0.15) is 0 Å². The van der Waals surface area contributed by atoms with Crippen LogP contribution >= 0.6 is 0 Å². The third-order valence-corrected chi connectivity index (χ3v) is 2.25. The summed E-state index contributed by atoms with van der Waals surface area (Å²) in [6.45, 7) is 0. The highest BCUT2D eigenvalue weighted by Gasteiger charge is 2.14. The van der Waals surface area contributed by atoms with E-state index < -0.39 is 0 Å². The van der Waals surface area contributed by atoms with Crippen LogP contribution in [0.25, 0.3) is 0 Å². The van der Waals surface area contributed by atoms with Crippen molar-refractivity contribution in [1.29, 1.82) is 0 Å². The number of hydrogen-bond acceptors (Lipinski definition) is 3. The van der Waals surface area contributed by atoms with Crippen LogP contribution in [0, 0.1) is 0 Å². The third kappa shape index (κ3) is 1.93. The van der Waals surface area contributed by atoms with Gasteiger partial charge in [0.05, 0.1) is 12.7 Å². The molecule has 0 bridgehead atoms. The van der Waals surface area contributed by atoms with Crippen LogP contribution in [0.2, 0.25) is 0 Å². The molecular weight excluding hydrogens is 202 g/mol. The van der Waals surface area contributed by atoms with Crippen LogP contribution in [-0.4, -0.2) is 17.9 Å². The van der Waals surface area contributed by atoms with Gasteiger partial charge in [0.25, 0.3) is 0 Å². The molecule has 1 heterocycles. The number of methoxy groups -OCH3 is 1. The standard InChI is InChI=1S/C13H11NO2/c1-16-13-11(8-5-9-14-13)12(15)10-6-3-2-4-7-10/h2-9H,1H3. The number of ketones is 1. The second-order valence-corrected chi connectivity index (χ2v) is 3.26. The van der Waals surface area contributed by atoms with E-state index in [4.69, 9.17) is 4.74 Å². The molecule has 0 saturated heterocycles. The second-order valence-electron chi connectivity index (χ2n) is 3.26. The lowest BCUT2D eigenvalue weighted by molar-refractivity contribution is 0.103. The Morgan fingerprint density at radius 2 is 1.88 bits per heavy atom.